The molecule has 1 aliphatic rings. The van der Waals surface area contributed by atoms with Crippen molar-refractivity contribution in [1.82, 2.24) is 10.2 Å². The Labute approximate surface area is 131 Å². The topological polar surface area (TPSA) is 69.6 Å². The number of carboxylic acid groups (broad SMARTS) is 1. The minimum Gasteiger partial charge on any atom is -0.479 e. The molecule has 1 heterocycles. The molecule has 1 saturated heterocycles. The summed E-state index contributed by atoms with van der Waals surface area (Å²) in [6.45, 7) is 6.90. The van der Waals surface area contributed by atoms with Gasteiger partial charge in [0.1, 0.15) is 0 Å². The van der Waals surface area contributed by atoms with Crippen LogP contribution in [0.5, 0.6) is 0 Å². The summed E-state index contributed by atoms with van der Waals surface area (Å²) in [5, 5.41) is 12.0. The Balaban J connectivity index is 1.97. The second-order valence-corrected chi connectivity index (χ2v) is 6.33. The van der Waals surface area contributed by atoms with Gasteiger partial charge < -0.3 is 15.3 Å². The van der Waals surface area contributed by atoms with E-state index in [0.717, 1.165) is 19.5 Å². The molecule has 0 bridgehead atoms. The van der Waals surface area contributed by atoms with Crippen LogP contribution < -0.4 is 5.32 Å². The van der Waals surface area contributed by atoms with Crippen LogP contribution in [0.3, 0.4) is 0 Å². The molecule has 1 aromatic carbocycles. The number of likely N-dealkylation sites (tertiary alicyclic amines) is 1. The Bertz CT molecular complexity index is 516. The van der Waals surface area contributed by atoms with Gasteiger partial charge in [-0.1, -0.05) is 44.2 Å². The van der Waals surface area contributed by atoms with Crippen LogP contribution in [0.15, 0.2) is 30.3 Å². The van der Waals surface area contributed by atoms with Crippen molar-refractivity contribution in [3.8, 4) is 0 Å². The molecule has 0 unspecified atom stereocenters. The molecule has 5 heteroatoms. The summed E-state index contributed by atoms with van der Waals surface area (Å²) in [5.74, 6) is -0.749. The fourth-order valence-corrected chi connectivity index (χ4v) is 2.92. The van der Waals surface area contributed by atoms with Crippen LogP contribution in [0, 0.1) is 11.8 Å². The number of rotatable bonds is 6. The van der Waals surface area contributed by atoms with Crippen molar-refractivity contribution in [2.75, 3.05) is 19.6 Å². The van der Waals surface area contributed by atoms with E-state index in [9.17, 15) is 14.7 Å². The molecule has 0 aliphatic carbocycles. The minimum absolute atomic E-state index is 0.121. The Morgan fingerprint density at radius 1 is 1.32 bits per heavy atom. The Hall–Kier alpha value is -1.88. The molecule has 22 heavy (non-hydrogen) atoms. The smallest absolute Gasteiger partial charge is 0.330 e. The van der Waals surface area contributed by atoms with E-state index < -0.39 is 12.0 Å². The number of hydrogen-bond acceptors (Lipinski definition) is 3. The number of amides is 1. The lowest BCUT2D eigenvalue weighted by molar-refractivity contribution is -0.142. The molecule has 2 atom stereocenters. The molecular formula is C17H24N2O3. The molecule has 0 aromatic heterocycles. The summed E-state index contributed by atoms with van der Waals surface area (Å²) in [4.78, 5) is 26.1. The van der Waals surface area contributed by atoms with Crippen molar-refractivity contribution in [3.05, 3.63) is 35.9 Å². The highest BCUT2D eigenvalue weighted by atomic mass is 16.4. The average Bonchev–Trinajstić information content (AvgIpc) is 2.93. The van der Waals surface area contributed by atoms with Gasteiger partial charge in [0.05, 0.1) is 5.92 Å². The number of carbonyl (C=O) groups is 2. The second-order valence-electron chi connectivity index (χ2n) is 6.33. The highest BCUT2D eigenvalue weighted by Gasteiger charge is 2.31. The summed E-state index contributed by atoms with van der Waals surface area (Å²) in [7, 11) is 0. The van der Waals surface area contributed by atoms with Crippen molar-refractivity contribution >= 4 is 11.9 Å². The van der Waals surface area contributed by atoms with Gasteiger partial charge in [-0.3, -0.25) is 4.79 Å². The lowest BCUT2D eigenvalue weighted by atomic mass is 10.0. The molecule has 0 radical (unpaired) electrons. The van der Waals surface area contributed by atoms with Gasteiger partial charge in [-0.2, -0.15) is 0 Å². The van der Waals surface area contributed by atoms with Crippen molar-refractivity contribution in [2.24, 2.45) is 11.8 Å². The van der Waals surface area contributed by atoms with E-state index in [0.29, 0.717) is 18.0 Å². The molecule has 0 spiro atoms. The van der Waals surface area contributed by atoms with Crippen LogP contribution in [-0.4, -0.2) is 41.5 Å². The van der Waals surface area contributed by atoms with E-state index in [4.69, 9.17) is 0 Å². The van der Waals surface area contributed by atoms with Crippen LogP contribution >= 0.6 is 0 Å². The van der Waals surface area contributed by atoms with Crippen LogP contribution in [0.1, 0.15) is 31.9 Å². The number of hydrogen-bond donors (Lipinski definition) is 2. The Morgan fingerprint density at radius 2 is 2.00 bits per heavy atom. The van der Waals surface area contributed by atoms with Crippen LogP contribution in [-0.2, 0) is 9.59 Å². The highest BCUT2D eigenvalue weighted by molar-refractivity contribution is 5.86. The first-order chi connectivity index (χ1) is 10.5. The summed E-state index contributed by atoms with van der Waals surface area (Å²) in [6.07, 6.45) is 0.791. The molecule has 1 amide bonds. The van der Waals surface area contributed by atoms with Crippen molar-refractivity contribution < 1.29 is 14.7 Å². The molecule has 5 nitrogen and oxygen atoms in total. The number of nitrogens with zero attached hydrogens (tertiary/aromatic N) is 1. The molecule has 2 rings (SSSR count). The summed E-state index contributed by atoms with van der Waals surface area (Å²) in [6, 6.07) is 7.84. The van der Waals surface area contributed by atoms with Gasteiger partial charge in [-0.15, -0.1) is 0 Å². The third kappa shape index (κ3) is 4.31. The SMILES string of the molecule is CC(C)CN1CC[C@@H](C(=O)N[C@H](C(=O)O)c2ccccc2)C1. The lowest BCUT2D eigenvalue weighted by Crippen LogP contribution is -2.39. The Morgan fingerprint density at radius 3 is 2.59 bits per heavy atom. The molecule has 1 fully saturated rings. The van der Waals surface area contributed by atoms with Crippen molar-refractivity contribution in [2.45, 2.75) is 26.3 Å². The van der Waals surface area contributed by atoms with E-state index in [-0.39, 0.29) is 11.8 Å². The second kappa shape index (κ2) is 7.40. The first-order valence-corrected chi connectivity index (χ1v) is 7.78. The van der Waals surface area contributed by atoms with Crippen molar-refractivity contribution in [3.63, 3.8) is 0 Å². The standard InChI is InChI=1S/C17H24N2O3/c1-12(2)10-19-9-8-14(11-19)16(20)18-15(17(21)22)13-6-4-3-5-7-13/h3-7,12,14-15H,8-11H2,1-2H3,(H,18,20)(H,21,22)/t14-,15+/m1/s1. The van der Waals surface area contributed by atoms with E-state index in [1.165, 1.54) is 0 Å². The normalized spacial score (nSPS) is 20.0. The predicted molar refractivity (Wildman–Crippen MR) is 84.3 cm³/mol. The van der Waals surface area contributed by atoms with Gasteiger partial charge in [-0.25, -0.2) is 4.79 Å². The summed E-state index contributed by atoms with van der Waals surface area (Å²) in [5.41, 5.74) is 0.598. The van der Waals surface area contributed by atoms with Gasteiger partial charge >= 0.3 is 5.97 Å². The molecular weight excluding hydrogens is 280 g/mol. The van der Waals surface area contributed by atoms with Crippen LogP contribution in [0.25, 0.3) is 0 Å². The maximum atomic E-state index is 12.4. The third-order valence-corrected chi connectivity index (χ3v) is 3.93. The molecule has 2 N–H and O–H groups in total. The van der Waals surface area contributed by atoms with Gasteiger partial charge in [0, 0.05) is 13.1 Å². The van der Waals surface area contributed by atoms with Crippen molar-refractivity contribution in [1.29, 1.82) is 0 Å². The number of benzene rings is 1. The maximum absolute atomic E-state index is 12.4. The highest BCUT2D eigenvalue weighted by Crippen LogP contribution is 2.20. The summed E-state index contributed by atoms with van der Waals surface area (Å²) < 4.78 is 0. The zero-order chi connectivity index (χ0) is 16.1. The number of carbonyl (C=O) groups excluding carboxylic acids is 1. The largest absolute Gasteiger partial charge is 0.479 e. The zero-order valence-corrected chi connectivity index (χ0v) is 13.2. The van der Waals surface area contributed by atoms with E-state index in [1.54, 1.807) is 24.3 Å². The average molecular weight is 304 g/mol. The first kappa shape index (κ1) is 16.5. The van der Waals surface area contributed by atoms with Gasteiger partial charge in [0.2, 0.25) is 5.91 Å². The first-order valence-electron chi connectivity index (χ1n) is 7.78. The summed E-state index contributed by atoms with van der Waals surface area (Å²) >= 11 is 0. The van der Waals surface area contributed by atoms with E-state index in [1.807, 2.05) is 6.07 Å². The van der Waals surface area contributed by atoms with Gasteiger partial charge in [0.25, 0.3) is 0 Å². The van der Waals surface area contributed by atoms with Gasteiger partial charge in [0.15, 0.2) is 6.04 Å². The van der Waals surface area contributed by atoms with E-state index >= 15 is 0 Å². The van der Waals surface area contributed by atoms with Crippen LogP contribution in [0.2, 0.25) is 0 Å². The minimum atomic E-state index is -1.03. The molecule has 0 saturated carbocycles. The monoisotopic (exact) mass is 304 g/mol. The molecule has 1 aliphatic heterocycles. The molecule has 1 aromatic rings. The lowest BCUT2D eigenvalue weighted by Gasteiger charge is -2.19. The maximum Gasteiger partial charge on any atom is 0.330 e. The van der Waals surface area contributed by atoms with Gasteiger partial charge in [-0.05, 0) is 24.4 Å². The number of carboxylic acids is 1. The predicted octanol–water partition coefficient (Wildman–Crippen LogP) is 1.91. The number of aliphatic carboxylic acids is 1. The third-order valence-electron chi connectivity index (χ3n) is 3.93. The fraction of sp³-hybridized carbons (Fsp3) is 0.529. The van der Waals surface area contributed by atoms with Crippen LogP contribution in [0.4, 0.5) is 0 Å². The van der Waals surface area contributed by atoms with E-state index in [2.05, 4.69) is 24.1 Å². The Kier molecular flexibility index (Phi) is 5.55. The zero-order valence-electron chi connectivity index (χ0n) is 13.2. The fourth-order valence-electron chi connectivity index (χ4n) is 2.92. The molecule has 120 valence electrons. The quantitative estimate of drug-likeness (QED) is 0.842. The number of nitrogens with one attached hydrogen (secondary N) is 1.